The number of hydrogen-bond donors (Lipinski definition) is 2. The first-order valence-corrected chi connectivity index (χ1v) is 24.5. The maximum Gasteiger partial charge on any atom is 0.471 e. The van der Waals surface area contributed by atoms with Crippen molar-refractivity contribution in [3.8, 4) is 0 Å². The SMILES string of the molecule is CC(C)CC(C)(NC(=O)C(F)(F)F)C(=O)N(C)[C@H](C(=O)N[C@@H](CC(=O)OC(c1ccccc1)(c1ccc(C2CCCCCCCCCC2)cc1)c1ccccc1Cl)C(=O)N1CCCC1)C(C)C. The zero-order chi connectivity index (χ0) is 48.9. The van der Waals surface area contributed by atoms with Crippen molar-refractivity contribution in [2.75, 3.05) is 20.1 Å². The van der Waals surface area contributed by atoms with Gasteiger partial charge in [-0.2, -0.15) is 13.2 Å². The fourth-order valence-electron chi connectivity index (χ4n) is 10.1. The standard InChI is InChI=1S/C53H70ClF3N4O6/c1-36(2)35-51(5,59-49(65)53(55,56)57)50(66)60(6)46(37(3)4)47(63)58-44(48(64)61-32-20-21-33-61)34-45(62)67-52(40-24-16-13-17-25-40,42-26-18-19-27-43(42)54)41-30-28-39(29-31-41)38-22-14-11-9-7-8-10-12-15-23-38/h13,16-19,24-31,36-38,44,46H,7-12,14-15,20-23,32-35H2,1-6H3,(H,58,63)(H,59,65)/t44-,46-,51?,52?/m0/s1. The molecule has 0 spiro atoms. The Morgan fingerprint density at radius 3 is 1.84 bits per heavy atom. The topological polar surface area (TPSA) is 125 Å². The number of likely N-dealkylation sites (N-methyl/N-ethyl adjacent to an activating group) is 1. The van der Waals surface area contributed by atoms with Crippen LogP contribution in [0.25, 0.3) is 0 Å². The highest BCUT2D eigenvalue weighted by Crippen LogP contribution is 2.45. The molecular weight excluding hydrogens is 881 g/mol. The molecule has 1 saturated heterocycles. The predicted octanol–water partition coefficient (Wildman–Crippen LogP) is 10.6. The van der Waals surface area contributed by atoms with Crippen LogP contribution in [0.4, 0.5) is 13.2 Å². The first-order chi connectivity index (χ1) is 31.8. The minimum absolute atomic E-state index is 0.162. The number of benzene rings is 3. The van der Waals surface area contributed by atoms with E-state index < -0.39 is 71.3 Å². The Balaban J connectivity index is 1.52. The van der Waals surface area contributed by atoms with E-state index in [1.165, 1.54) is 58.1 Å². The molecule has 3 aromatic rings. The summed E-state index contributed by atoms with van der Waals surface area (Å²) >= 11 is 7.04. The van der Waals surface area contributed by atoms with Crippen molar-refractivity contribution in [1.82, 2.24) is 20.4 Å². The summed E-state index contributed by atoms with van der Waals surface area (Å²) in [5.74, 6) is -5.93. The molecule has 2 unspecified atom stereocenters. The number of ether oxygens (including phenoxy) is 1. The molecule has 3 aromatic carbocycles. The lowest BCUT2D eigenvalue weighted by Gasteiger charge is -2.39. The van der Waals surface area contributed by atoms with Crippen molar-refractivity contribution >= 4 is 41.2 Å². The first-order valence-electron chi connectivity index (χ1n) is 24.2. The summed E-state index contributed by atoms with van der Waals surface area (Å²) in [7, 11) is 1.28. The van der Waals surface area contributed by atoms with Gasteiger partial charge in [0.25, 0.3) is 0 Å². The van der Waals surface area contributed by atoms with Gasteiger partial charge in [-0.25, -0.2) is 0 Å². The molecule has 0 aromatic heterocycles. The monoisotopic (exact) mass is 950 g/mol. The maximum absolute atomic E-state index is 14.9. The van der Waals surface area contributed by atoms with E-state index in [0.717, 1.165) is 43.4 Å². The lowest BCUT2D eigenvalue weighted by atomic mass is 9.78. The third-order valence-corrected chi connectivity index (χ3v) is 13.6. The number of likely N-dealkylation sites (tertiary alicyclic amines) is 1. The largest absolute Gasteiger partial charge is 0.471 e. The average Bonchev–Trinajstić information content (AvgIpc) is 3.81. The summed E-state index contributed by atoms with van der Waals surface area (Å²) in [5.41, 5.74) is -0.703. The number of amides is 4. The summed E-state index contributed by atoms with van der Waals surface area (Å²) in [6.45, 7) is 8.70. The van der Waals surface area contributed by atoms with Crippen LogP contribution in [0.5, 0.6) is 0 Å². The van der Waals surface area contributed by atoms with E-state index >= 15 is 0 Å². The number of hydrogen-bond acceptors (Lipinski definition) is 6. The van der Waals surface area contributed by atoms with Crippen LogP contribution in [0.3, 0.4) is 0 Å². The van der Waals surface area contributed by atoms with Gasteiger partial charge in [0.15, 0.2) is 5.60 Å². The zero-order valence-electron chi connectivity index (χ0n) is 40.1. The number of alkyl halides is 3. The van der Waals surface area contributed by atoms with Crippen molar-refractivity contribution in [1.29, 1.82) is 0 Å². The molecule has 4 atom stereocenters. The Labute approximate surface area is 400 Å². The van der Waals surface area contributed by atoms with Crippen LogP contribution in [-0.4, -0.2) is 83.3 Å². The second-order valence-electron chi connectivity index (χ2n) is 19.5. The molecule has 2 N–H and O–H groups in total. The van der Waals surface area contributed by atoms with Crippen LogP contribution in [0, 0.1) is 11.8 Å². The maximum atomic E-state index is 14.9. The van der Waals surface area contributed by atoms with E-state index in [1.54, 1.807) is 50.8 Å². The average molecular weight is 952 g/mol. The summed E-state index contributed by atoms with van der Waals surface area (Å²) in [5, 5.41) is 4.98. The number of halogens is 4. The number of carbonyl (C=O) groups excluding carboxylic acids is 5. The van der Waals surface area contributed by atoms with Crippen molar-refractivity contribution in [3.05, 3.63) is 106 Å². The normalized spacial score (nSPS) is 18.2. The van der Waals surface area contributed by atoms with Gasteiger partial charge in [-0.1, -0.05) is 163 Å². The van der Waals surface area contributed by atoms with Gasteiger partial charge in [0, 0.05) is 41.9 Å². The Morgan fingerprint density at radius 1 is 0.761 bits per heavy atom. The van der Waals surface area contributed by atoms with Crippen molar-refractivity contribution < 1.29 is 41.9 Å². The molecule has 1 saturated carbocycles. The van der Waals surface area contributed by atoms with Gasteiger partial charge in [-0.05, 0) is 68.4 Å². The lowest BCUT2D eigenvalue weighted by molar-refractivity contribution is -0.177. The fourth-order valence-corrected chi connectivity index (χ4v) is 10.4. The Morgan fingerprint density at radius 2 is 1.30 bits per heavy atom. The highest BCUT2D eigenvalue weighted by atomic mass is 35.5. The number of carbonyl (C=O) groups is 5. The van der Waals surface area contributed by atoms with Crippen LogP contribution in [0.2, 0.25) is 5.02 Å². The van der Waals surface area contributed by atoms with Gasteiger partial charge in [-0.3, -0.25) is 24.0 Å². The van der Waals surface area contributed by atoms with E-state index in [-0.39, 0.29) is 12.3 Å². The highest BCUT2D eigenvalue weighted by Gasteiger charge is 2.49. The summed E-state index contributed by atoms with van der Waals surface area (Å²) in [6.07, 6.45) is 7.44. The van der Waals surface area contributed by atoms with Crippen LogP contribution < -0.4 is 10.6 Å². The van der Waals surface area contributed by atoms with Crippen molar-refractivity contribution in [2.24, 2.45) is 11.8 Å². The third kappa shape index (κ3) is 13.6. The van der Waals surface area contributed by atoms with Crippen molar-refractivity contribution in [2.45, 2.75) is 160 Å². The molecule has 2 aliphatic rings. The van der Waals surface area contributed by atoms with Gasteiger partial charge < -0.3 is 25.2 Å². The number of rotatable bonds is 16. The molecule has 1 heterocycles. The molecule has 10 nitrogen and oxygen atoms in total. The molecule has 0 bridgehead atoms. The highest BCUT2D eigenvalue weighted by molar-refractivity contribution is 6.31. The molecular formula is C53H70ClF3N4O6. The van der Waals surface area contributed by atoms with Gasteiger partial charge >= 0.3 is 18.1 Å². The molecule has 1 aliphatic carbocycles. The van der Waals surface area contributed by atoms with E-state index in [4.69, 9.17) is 16.3 Å². The zero-order valence-corrected chi connectivity index (χ0v) is 40.8. The van der Waals surface area contributed by atoms with Gasteiger partial charge in [-0.15, -0.1) is 0 Å². The summed E-state index contributed by atoms with van der Waals surface area (Å²) < 4.78 is 47.3. The molecule has 1 aliphatic heterocycles. The summed E-state index contributed by atoms with van der Waals surface area (Å²) in [6, 6.07) is 21.8. The van der Waals surface area contributed by atoms with Gasteiger partial charge in [0.05, 0.1) is 6.42 Å². The van der Waals surface area contributed by atoms with Crippen LogP contribution in [0.15, 0.2) is 78.9 Å². The smallest absolute Gasteiger partial charge is 0.444 e. The second-order valence-corrected chi connectivity index (χ2v) is 19.9. The second kappa shape index (κ2) is 23.9. The lowest BCUT2D eigenvalue weighted by Crippen LogP contribution is -2.64. The number of nitrogens with zero attached hydrogens (tertiary/aromatic N) is 2. The number of esters is 1. The molecule has 366 valence electrons. The van der Waals surface area contributed by atoms with Crippen molar-refractivity contribution in [3.63, 3.8) is 0 Å². The van der Waals surface area contributed by atoms with E-state index in [1.807, 2.05) is 53.8 Å². The van der Waals surface area contributed by atoms with E-state index in [2.05, 4.69) is 17.4 Å². The fraction of sp³-hybridized carbons (Fsp3) is 0.566. The Hall–Kier alpha value is -4.91. The number of nitrogens with one attached hydrogen (secondary N) is 2. The molecule has 14 heteroatoms. The quantitative estimate of drug-likeness (QED) is 0.109. The van der Waals surface area contributed by atoms with E-state index in [9.17, 15) is 37.1 Å². The van der Waals surface area contributed by atoms with Gasteiger partial charge in [0.2, 0.25) is 17.7 Å². The van der Waals surface area contributed by atoms with Gasteiger partial charge in [0.1, 0.15) is 17.6 Å². The predicted molar refractivity (Wildman–Crippen MR) is 255 cm³/mol. The molecule has 4 amide bonds. The first kappa shape index (κ1) is 53.1. The minimum Gasteiger partial charge on any atom is -0.444 e. The third-order valence-electron chi connectivity index (χ3n) is 13.3. The van der Waals surface area contributed by atoms with E-state index in [0.29, 0.717) is 40.7 Å². The minimum atomic E-state index is -5.26. The Kier molecular flexibility index (Phi) is 18.9. The molecule has 0 radical (unpaired) electrons. The van der Waals surface area contributed by atoms with Crippen LogP contribution >= 0.6 is 11.6 Å². The molecule has 5 rings (SSSR count). The molecule has 2 fully saturated rings. The molecule has 67 heavy (non-hydrogen) atoms. The summed E-state index contributed by atoms with van der Waals surface area (Å²) in [4.78, 5) is 72.7. The van der Waals surface area contributed by atoms with Crippen LogP contribution in [0.1, 0.15) is 153 Å². The Bertz CT molecular complexity index is 2120. The van der Waals surface area contributed by atoms with Crippen LogP contribution in [-0.2, 0) is 34.3 Å².